The van der Waals surface area contributed by atoms with Gasteiger partial charge in [0, 0.05) is 21.0 Å². The summed E-state index contributed by atoms with van der Waals surface area (Å²) in [6.45, 7) is 0. The van der Waals surface area contributed by atoms with E-state index in [9.17, 15) is 10.1 Å². The zero-order valence-corrected chi connectivity index (χ0v) is 16.5. The summed E-state index contributed by atoms with van der Waals surface area (Å²) >= 11 is 13.5. The van der Waals surface area contributed by atoms with Crippen LogP contribution in [0.25, 0.3) is 6.08 Å². The van der Waals surface area contributed by atoms with Crippen molar-refractivity contribution in [3.8, 4) is 6.07 Å². The number of nitriles is 1. The number of fused-ring (bicyclic) bond motifs is 1. The third-order valence-corrected chi connectivity index (χ3v) is 6.17. The number of anilines is 1. The number of carbonyl (C=O) groups excluding carboxylic acids is 1. The molecule has 2 aromatic rings. The molecule has 1 N–H and O–H groups in total. The number of carbonyl (C=O) groups is 1. The number of thiophene rings is 1. The Bertz CT molecular complexity index is 896. The number of aryl methyl sites for hydroxylation is 1. The Morgan fingerprint density at radius 1 is 1.19 bits per heavy atom. The largest absolute Gasteiger partial charge is 0.313 e. The van der Waals surface area contributed by atoms with Gasteiger partial charge in [0.2, 0.25) is 5.91 Å². The van der Waals surface area contributed by atoms with E-state index in [1.54, 1.807) is 24.3 Å². The molecule has 0 radical (unpaired) electrons. The predicted molar refractivity (Wildman–Crippen MR) is 109 cm³/mol. The summed E-state index contributed by atoms with van der Waals surface area (Å²) in [6.07, 6.45) is 9.64. The number of halogens is 2. The average Bonchev–Trinajstić information content (AvgIpc) is 2.89. The van der Waals surface area contributed by atoms with Gasteiger partial charge in [-0.25, -0.2) is 0 Å². The molecule has 0 atom stereocenters. The summed E-state index contributed by atoms with van der Waals surface area (Å²) < 4.78 is 0. The van der Waals surface area contributed by atoms with Gasteiger partial charge in [-0.15, -0.1) is 11.3 Å². The van der Waals surface area contributed by atoms with E-state index in [0.29, 0.717) is 26.2 Å². The molecular weight excluding hydrogens is 387 g/mol. The summed E-state index contributed by atoms with van der Waals surface area (Å²) in [5.74, 6) is -0.276. The van der Waals surface area contributed by atoms with Gasteiger partial charge in [-0.2, -0.15) is 5.26 Å². The summed E-state index contributed by atoms with van der Waals surface area (Å²) in [4.78, 5) is 13.5. The number of rotatable bonds is 3. The van der Waals surface area contributed by atoms with Gasteiger partial charge in [0.25, 0.3) is 0 Å². The van der Waals surface area contributed by atoms with E-state index in [2.05, 4.69) is 11.4 Å². The van der Waals surface area contributed by atoms with Gasteiger partial charge in [0.15, 0.2) is 0 Å². The molecule has 0 saturated carbocycles. The molecule has 1 heterocycles. The van der Waals surface area contributed by atoms with Crippen LogP contribution in [0.1, 0.15) is 47.3 Å². The van der Waals surface area contributed by atoms with E-state index in [1.807, 2.05) is 0 Å². The van der Waals surface area contributed by atoms with Crippen molar-refractivity contribution in [2.75, 3.05) is 5.32 Å². The third-order valence-electron chi connectivity index (χ3n) is 4.40. The quantitative estimate of drug-likeness (QED) is 0.615. The first kappa shape index (κ1) is 19.0. The normalized spacial score (nSPS) is 14.3. The van der Waals surface area contributed by atoms with Gasteiger partial charge in [0.1, 0.15) is 11.1 Å². The summed E-state index contributed by atoms with van der Waals surface area (Å²) in [5, 5.41) is 14.1. The van der Waals surface area contributed by atoms with E-state index >= 15 is 0 Å². The van der Waals surface area contributed by atoms with Crippen molar-refractivity contribution in [1.29, 1.82) is 5.26 Å². The Kier molecular flexibility index (Phi) is 6.37. The lowest BCUT2D eigenvalue weighted by Crippen LogP contribution is -2.07. The molecule has 3 rings (SSSR count). The molecule has 6 heteroatoms. The van der Waals surface area contributed by atoms with Crippen LogP contribution in [0.15, 0.2) is 24.3 Å². The van der Waals surface area contributed by atoms with Crippen LogP contribution in [0.3, 0.4) is 0 Å². The molecule has 0 spiro atoms. The highest BCUT2D eigenvalue weighted by molar-refractivity contribution is 7.16. The fraction of sp³-hybridized carbons (Fsp3) is 0.300. The molecule has 134 valence electrons. The van der Waals surface area contributed by atoms with Crippen molar-refractivity contribution in [2.24, 2.45) is 0 Å². The number of hydrogen-bond acceptors (Lipinski definition) is 3. The van der Waals surface area contributed by atoms with Crippen LogP contribution in [0.2, 0.25) is 10.0 Å². The minimum absolute atomic E-state index is 0.276. The zero-order valence-electron chi connectivity index (χ0n) is 14.1. The second-order valence-electron chi connectivity index (χ2n) is 6.22. The van der Waals surface area contributed by atoms with Gasteiger partial charge in [-0.3, -0.25) is 4.79 Å². The highest BCUT2D eigenvalue weighted by atomic mass is 35.5. The lowest BCUT2D eigenvalue weighted by atomic mass is 9.97. The smallest absolute Gasteiger partial charge is 0.249 e. The molecule has 1 aromatic heterocycles. The third kappa shape index (κ3) is 4.48. The van der Waals surface area contributed by atoms with Gasteiger partial charge in [0.05, 0.1) is 5.56 Å². The minimum atomic E-state index is -0.276. The lowest BCUT2D eigenvalue weighted by molar-refractivity contribution is -0.111. The van der Waals surface area contributed by atoms with Crippen LogP contribution in [-0.4, -0.2) is 5.91 Å². The number of nitrogens with one attached hydrogen (secondary N) is 1. The minimum Gasteiger partial charge on any atom is -0.313 e. The average molecular weight is 405 g/mol. The SMILES string of the molecule is N#Cc1c(NC(=O)C=Cc2ccc(Cl)cc2Cl)sc2c1CCCCCC2. The van der Waals surface area contributed by atoms with Crippen molar-refractivity contribution in [1.82, 2.24) is 0 Å². The van der Waals surface area contributed by atoms with Crippen LogP contribution < -0.4 is 5.32 Å². The van der Waals surface area contributed by atoms with E-state index in [1.165, 1.54) is 35.1 Å². The molecule has 1 aliphatic rings. The maximum atomic E-state index is 12.3. The Morgan fingerprint density at radius 2 is 1.96 bits per heavy atom. The Labute approximate surface area is 167 Å². The fourth-order valence-corrected chi connectivity index (χ4v) is 4.80. The second-order valence-corrected chi connectivity index (χ2v) is 8.17. The summed E-state index contributed by atoms with van der Waals surface area (Å²) in [6, 6.07) is 7.39. The number of benzene rings is 1. The maximum Gasteiger partial charge on any atom is 0.249 e. The molecule has 3 nitrogen and oxygen atoms in total. The number of amides is 1. The van der Waals surface area contributed by atoms with Gasteiger partial charge >= 0.3 is 0 Å². The summed E-state index contributed by atoms with van der Waals surface area (Å²) in [7, 11) is 0. The molecule has 1 amide bonds. The van der Waals surface area contributed by atoms with E-state index in [4.69, 9.17) is 23.2 Å². The monoisotopic (exact) mass is 404 g/mol. The number of nitrogens with zero attached hydrogens (tertiary/aromatic N) is 1. The maximum absolute atomic E-state index is 12.3. The summed E-state index contributed by atoms with van der Waals surface area (Å²) in [5.41, 5.74) is 2.46. The highest BCUT2D eigenvalue weighted by Gasteiger charge is 2.19. The highest BCUT2D eigenvalue weighted by Crippen LogP contribution is 2.36. The predicted octanol–water partition coefficient (Wildman–Crippen LogP) is 6.24. The molecule has 0 bridgehead atoms. The van der Waals surface area contributed by atoms with Gasteiger partial charge in [-0.05, 0) is 55.0 Å². The zero-order chi connectivity index (χ0) is 18.5. The standard InChI is InChI=1S/C20H18Cl2N2OS/c21-14-9-7-13(17(22)11-14)8-10-19(25)24-20-16(12-23)15-5-3-1-2-4-6-18(15)26-20/h7-11H,1-6H2,(H,24,25). The first-order chi connectivity index (χ1) is 12.6. The number of hydrogen-bond donors (Lipinski definition) is 1. The first-order valence-corrected chi connectivity index (χ1v) is 10.1. The Balaban J connectivity index is 1.78. The first-order valence-electron chi connectivity index (χ1n) is 8.57. The van der Waals surface area contributed by atoms with Crippen molar-refractivity contribution in [3.63, 3.8) is 0 Å². The molecular formula is C20H18Cl2N2OS. The van der Waals surface area contributed by atoms with E-state index in [0.717, 1.165) is 31.2 Å². The fourth-order valence-electron chi connectivity index (χ4n) is 3.08. The Morgan fingerprint density at radius 3 is 2.69 bits per heavy atom. The van der Waals surface area contributed by atoms with Crippen molar-refractivity contribution in [2.45, 2.75) is 38.5 Å². The molecule has 0 fully saturated rings. The second kappa shape index (κ2) is 8.73. The van der Waals surface area contributed by atoms with Crippen LogP contribution in [0, 0.1) is 11.3 Å². The molecule has 1 aliphatic carbocycles. The van der Waals surface area contributed by atoms with E-state index < -0.39 is 0 Å². The van der Waals surface area contributed by atoms with Crippen LogP contribution in [-0.2, 0) is 17.6 Å². The molecule has 26 heavy (non-hydrogen) atoms. The lowest BCUT2D eigenvalue weighted by Gasteiger charge is -2.08. The molecule has 0 aliphatic heterocycles. The van der Waals surface area contributed by atoms with Crippen molar-refractivity contribution < 1.29 is 4.79 Å². The van der Waals surface area contributed by atoms with E-state index in [-0.39, 0.29) is 5.91 Å². The van der Waals surface area contributed by atoms with Crippen molar-refractivity contribution >= 4 is 51.5 Å². The molecule has 1 aromatic carbocycles. The molecule has 0 saturated heterocycles. The topological polar surface area (TPSA) is 52.9 Å². The van der Waals surface area contributed by atoms with Gasteiger partial charge in [-0.1, -0.05) is 42.1 Å². The van der Waals surface area contributed by atoms with Crippen LogP contribution in [0.5, 0.6) is 0 Å². The van der Waals surface area contributed by atoms with Gasteiger partial charge < -0.3 is 5.32 Å². The van der Waals surface area contributed by atoms with Crippen LogP contribution in [0.4, 0.5) is 5.00 Å². The molecule has 0 unspecified atom stereocenters. The Hall–Kier alpha value is -1.80. The van der Waals surface area contributed by atoms with Crippen molar-refractivity contribution in [3.05, 3.63) is 55.9 Å². The van der Waals surface area contributed by atoms with Crippen LogP contribution >= 0.6 is 34.5 Å².